The first-order valence-electron chi connectivity index (χ1n) is 12.6. The largest absolute Gasteiger partial charge is 0.323 e. The Balaban J connectivity index is 1.41. The number of rotatable bonds is 1. The molecule has 2 fully saturated rings. The molecule has 11 heteroatoms. The maximum atomic E-state index is 14.4. The highest BCUT2D eigenvalue weighted by Crippen LogP contribution is 2.75. The van der Waals surface area contributed by atoms with Crippen molar-refractivity contribution in [3.63, 3.8) is 0 Å². The van der Waals surface area contributed by atoms with Gasteiger partial charge in [-0.3, -0.25) is 28.8 Å². The highest BCUT2D eigenvalue weighted by atomic mass is 35.5. The SMILES string of the molecule is CC(=O)N1C(=O)[C@]2(O[C@@]34O[C@@H]5N=C(c6ccc(Cl)cc6)[C@@H](O5)O[C@]32c2ccccc2N4C(C)=O)c2ccccc21. The van der Waals surface area contributed by atoms with E-state index in [0.29, 0.717) is 38.8 Å². The smallest absolute Gasteiger partial charge is 0.302 e. The van der Waals surface area contributed by atoms with Crippen molar-refractivity contribution in [3.8, 4) is 0 Å². The molecular formula is C29H20ClN3O7. The van der Waals surface area contributed by atoms with Crippen LogP contribution >= 0.6 is 11.6 Å². The van der Waals surface area contributed by atoms with Gasteiger partial charge in [0.2, 0.25) is 29.3 Å². The third kappa shape index (κ3) is 2.50. The van der Waals surface area contributed by atoms with Crippen molar-refractivity contribution in [2.24, 2.45) is 4.99 Å². The molecule has 200 valence electrons. The Morgan fingerprint density at radius 2 is 1.55 bits per heavy atom. The number of carbonyl (C=O) groups excluding carboxylic acids is 3. The summed E-state index contributed by atoms with van der Waals surface area (Å²) < 4.78 is 26.0. The van der Waals surface area contributed by atoms with E-state index in [0.717, 1.165) is 4.90 Å². The summed E-state index contributed by atoms with van der Waals surface area (Å²) in [7, 11) is 0. The number of hydrogen-bond donors (Lipinski definition) is 0. The fourth-order valence-electron chi connectivity index (χ4n) is 6.71. The topological polar surface area (TPSA) is 107 Å². The van der Waals surface area contributed by atoms with Crippen molar-refractivity contribution >= 4 is 46.4 Å². The van der Waals surface area contributed by atoms with Crippen LogP contribution in [0.1, 0.15) is 30.5 Å². The molecule has 8 rings (SSSR count). The van der Waals surface area contributed by atoms with Gasteiger partial charge in [0.15, 0.2) is 0 Å². The van der Waals surface area contributed by atoms with E-state index in [-0.39, 0.29) is 0 Å². The average Bonchev–Trinajstić information content (AvgIpc) is 3.46. The van der Waals surface area contributed by atoms with E-state index in [4.69, 9.17) is 30.5 Å². The molecule has 5 heterocycles. The summed E-state index contributed by atoms with van der Waals surface area (Å²) in [6.45, 7) is 2.68. The van der Waals surface area contributed by atoms with Crippen LogP contribution in [0, 0.1) is 0 Å². The van der Waals surface area contributed by atoms with Crippen LogP contribution in [0.3, 0.4) is 0 Å². The number of anilines is 2. The van der Waals surface area contributed by atoms with Crippen molar-refractivity contribution < 1.29 is 33.3 Å². The van der Waals surface area contributed by atoms with Gasteiger partial charge in [0.1, 0.15) is 5.71 Å². The second-order valence-electron chi connectivity index (χ2n) is 10.1. The maximum Gasteiger partial charge on any atom is 0.302 e. The standard InChI is InChI=1S/C29H20ClN3O7/c1-15(34)32-21-9-5-3-7-19(21)27(25(32)36)28-20-8-4-6-10-22(20)33(16(2)35)29(28,40-27)39-26-31-23(24(37-26)38-28)17-11-13-18(30)14-12-17/h3-14,24,26H,1-2H3/t24-,26+,27+,28-,29-/m0/s1. The first-order valence-corrected chi connectivity index (χ1v) is 13.0. The number of para-hydroxylation sites is 2. The highest BCUT2D eigenvalue weighted by Gasteiger charge is 2.92. The van der Waals surface area contributed by atoms with Crippen molar-refractivity contribution in [1.82, 2.24) is 0 Å². The molecule has 1 spiro atoms. The van der Waals surface area contributed by atoms with Gasteiger partial charge in [-0.15, -0.1) is 0 Å². The highest BCUT2D eigenvalue weighted by molar-refractivity contribution is 6.30. The zero-order valence-corrected chi connectivity index (χ0v) is 21.9. The summed E-state index contributed by atoms with van der Waals surface area (Å²) in [4.78, 5) is 47.5. The van der Waals surface area contributed by atoms with Gasteiger partial charge in [-0.1, -0.05) is 60.1 Å². The molecule has 3 amide bonds. The minimum absolute atomic E-state index is 0.368. The molecular weight excluding hydrogens is 538 g/mol. The molecule has 0 aliphatic carbocycles. The van der Waals surface area contributed by atoms with Crippen LogP contribution < -0.4 is 9.80 Å². The van der Waals surface area contributed by atoms with Crippen LogP contribution in [0.4, 0.5) is 11.4 Å². The van der Waals surface area contributed by atoms with Crippen LogP contribution in [0.15, 0.2) is 77.8 Å². The molecule has 3 aromatic rings. The Labute approximate surface area is 232 Å². The second kappa shape index (κ2) is 7.62. The molecule has 0 radical (unpaired) electrons. The molecule has 5 aliphatic rings. The number of amides is 3. The van der Waals surface area contributed by atoms with Gasteiger partial charge in [0.25, 0.3) is 12.3 Å². The van der Waals surface area contributed by atoms with Gasteiger partial charge in [-0.25, -0.2) is 9.89 Å². The molecule has 40 heavy (non-hydrogen) atoms. The number of fused-ring (bicyclic) bond motifs is 5. The zero-order chi connectivity index (χ0) is 27.6. The Morgan fingerprint density at radius 1 is 0.875 bits per heavy atom. The summed E-state index contributed by atoms with van der Waals surface area (Å²) in [5, 5.41) is 0.545. The summed E-state index contributed by atoms with van der Waals surface area (Å²) in [5.41, 5.74) is -0.834. The number of benzene rings is 3. The molecule has 2 bridgehead atoms. The first-order chi connectivity index (χ1) is 19.2. The summed E-state index contributed by atoms with van der Waals surface area (Å²) in [6.07, 6.45) is -2.33. The van der Waals surface area contributed by atoms with E-state index < -0.39 is 47.5 Å². The van der Waals surface area contributed by atoms with Crippen molar-refractivity contribution in [3.05, 3.63) is 94.5 Å². The quantitative estimate of drug-likeness (QED) is 0.450. The lowest BCUT2D eigenvalue weighted by atomic mass is 9.67. The van der Waals surface area contributed by atoms with E-state index in [9.17, 15) is 14.4 Å². The third-order valence-electron chi connectivity index (χ3n) is 8.10. The molecule has 2 saturated heterocycles. The fraction of sp³-hybridized carbons (Fsp3) is 0.241. The van der Waals surface area contributed by atoms with E-state index in [1.165, 1.54) is 18.7 Å². The van der Waals surface area contributed by atoms with Gasteiger partial charge in [-0.2, -0.15) is 0 Å². The normalized spacial score (nSPS) is 32.6. The van der Waals surface area contributed by atoms with Crippen LogP contribution in [-0.2, 0) is 44.5 Å². The lowest BCUT2D eigenvalue weighted by Gasteiger charge is -2.63. The number of hydrogen-bond acceptors (Lipinski definition) is 8. The number of aliphatic imine (C=N–C) groups is 1. The molecule has 0 saturated carbocycles. The average molecular weight is 558 g/mol. The number of halogens is 1. The van der Waals surface area contributed by atoms with Crippen molar-refractivity contribution in [2.75, 3.05) is 9.80 Å². The summed E-state index contributed by atoms with van der Waals surface area (Å²) in [5.74, 6) is -3.50. The van der Waals surface area contributed by atoms with Crippen molar-refractivity contribution in [1.29, 1.82) is 0 Å². The first kappa shape index (κ1) is 23.9. The van der Waals surface area contributed by atoms with Gasteiger partial charge in [0, 0.05) is 35.6 Å². The van der Waals surface area contributed by atoms with Gasteiger partial charge in [0.05, 0.1) is 11.4 Å². The molecule has 3 aromatic carbocycles. The zero-order valence-electron chi connectivity index (χ0n) is 21.2. The Hall–Kier alpha value is -3.93. The van der Waals surface area contributed by atoms with Crippen LogP contribution in [0.5, 0.6) is 0 Å². The Bertz CT molecular complexity index is 1710. The van der Waals surface area contributed by atoms with E-state index in [1.807, 2.05) is 0 Å². The van der Waals surface area contributed by atoms with Gasteiger partial charge in [-0.05, 0) is 24.3 Å². The van der Waals surface area contributed by atoms with E-state index in [1.54, 1.807) is 72.8 Å². The monoisotopic (exact) mass is 557 g/mol. The third-order valence-corrected chi connectivity index (χ3v) is 8.35. The van der Waals surface area contributed by atoms with Gasteiger partial charge >= 0.3 is 5.91 Å². The molecule has 0 N–H and O–H groups in total. The lowest BCUT2D eigenvalue weighted by Crippen LogP contribution is -2.84. The van der Waals surface area contributed by atoms with E-state index >= 15 is 0 Å². The van der Waals surface area contributed by atoms with E-state index in [2.05, 4.69) is 4.99 Å². The number of ether oxygens (including phenoxy) is 4. The fourth-order valence-corrected chi connectivity index (χ4v) is 6.84. The Kier molecular flexibility index (Phi) is 4.56. The Morgan fingerprint density at radius 3 is 2.25 bits per heavy atom. The predicted octanol–water partition coefficient (Wildman–Crippen LogP) is 3.55. The molecule has 0 aromatic heterocycles. The minimum Gasteiger partial charge on any atom is -0.323 e. The van der Waals surface area contributed by atoms with Crippen LogP contribution in [0.2, 0.25) is 5.02 Å². The van der Waals surface area contributed by atoms with Gasteiger partial charge < -0.3 is 9.47 Å². The molecule has 5 aliphatic heterocycles. The minimum atomic E-state index is -1.95. The number of nitrogens with zero attached hydrogens (tertiary/aromatic N) is 3. The maximum absolute atomic E-state index is 14.4. The van der Waals surface area contributed by atoms with Crippen LogP contribution in [-0.4, -0.2) is 42.0 Å². The molecule has 10 nitrogen and oxygen atoms in total. The molecule has 0 unspecified atom stereocenters. The lowest BCUT2D eigenvalue weighted by molar-refractivity contribution is -0.484. The van der Waals surface area contributed by atoms with Crippen LogP contribution in [0.25, 0.3) is 0 Å². The molecule has 5 atom stereocenters. The van der Waals surface area contributed by atoms with Crippen molar-refractivity contribution in [2.45, 2.75) is 43.7 Å². The summed E-state index contributed by atoms with van der Waals surface area (Å²) in [6, 6.07) is 20.9. The number of carbonyl (C=O) groups is 3. The predicted molar refractivity (Wildman–Crippen MR) is 140 cm³/mol. The summed E-state index contributed by atoms with van der Waals surface area (Å²) >= 11 is 6.11. The second-order valence-corrected chi connectivity index (χ2v) is 10.6. The number of imide groups is 1.